The number of ether oxygens (including phenoxy) is 2. The Morgan fingerprint density at radius 3 is 1.87 bits per heavy atom. The first-order valence-electron chi connectivity index (χ1n) is 10.9. The highest BCUT2D eigenvalue weighted by molar-refractivity contribution is 5.36. The number of hydrogen-bond donors (Lipinski definition) is 1. The molecule has 3 heteroatoms. The molecule has 158 valence electrons. The van der Waals surface area contributed by atoms with Gasteiger partial charge in [0.25, 0.3) is 0 Å². The molecule has 0 aliphatic carbocycles. The molecule has 0 aromatic heterocycles. The molecule has 3 nitrogen and oxygen atoms in total. The Labute approximate surface area is 181 Å². The van der Waals surface area contributed by atoms with Crippen LogP contribution in [0.5, 0.6) is 11.5 Å². The normalized spacial score (nSPS) is 13.1. The van der Waals surface area contributed by atoms with Crippen molar-refractivity contribution in [3.8, 4) is 11.5 Å². The lowest BCUT2D eigenvalue weighted by Crippen LogP contribution is -2.84. The molecule has 3 rings (SSSR count). The first-order chi connectivity index (χ1) is 14.6. The zero-order valence-corrected chi connectivity index (χ0v) is 18.5. The van der Waals surface area contributed by atoms with E-state index in [1.807, 2.05) is 12.1 Å². The Balaban J connectivity index is 1.67. The monoisotopic (exact) mass is 404 g/mol. The van der Waals surface area contributed by atoms with Gasteiger partial charge in [0.1, 0.15) is 17.5 Å². The van der Waals surface area contributed by atoms with Gasteiger partial charge >= 0.3 is 0 Å². The number of quaternary nitrogens is 1. The first kappa shape index (κ1) is 21.9. The summed E-state index contributed by atoms with van der Waals surface area (Å²) in [5, 5.41) is 2.42. The van der Waals surface area contributed by atoms with E-state index in [-0.39, 0.29) is 6.10 Å². The molecule has 30 heavy (non-hydrogen) atoms. The van der Waals surface area contributed by atoms with Gasteiger partial charge in [0.15, 0.2) is 0 Å². The highest BCUT2D eigenvalue weighted by Gasteiger charge is 2.17. The Morgan fingerprint density at radius 1 is 0.700 bits per heavy atom. The summed E-state index contributed by atoms with van der Waals surface area (Å²) in [6.07, 6.45) is 1.27. The van der Waals surface area contributed by atoms with Crippen LogP contribution in [0.15, 0.2) is 78.9 Å². The number of nitrogens with two attached hydrogens (primary N) is 1. The maximum absolute atomic E-state index is 5.82. The molecule has 0 fully saturated rings. The smallest absolute Gasteiger partial charge is 0.119 e. The third-order valence-corrected chi connectivity index (χ3v) is 5.47. The molecule has 0 saturated carbocycles. The van der Waals surface area contributed by atoms with Crippen LogP contribution >= 0.6 is 0 Å². The van der Waals surface area contributed by atoms with Gasteiger partial charge < -0.3 is 14.8 Å². The molecule has 0 saturated heterocycles. The molecular formula is C27H34NO2+. The van der Waals surface area contributed by atoms with E-state index < -0.39 is 0 Å². The van der Waals surface area contributed by atoms with Crippen LogP contribution in [0.25, 0.3) is 0 Å². The molecule has 0 heterocycles. The van der Waals surface area contributed by atoms with E-state index in [4.69, 9.17) is 9.47 Å². The third kappa shape index (κ3) is 6.11. The summed E-state index contributed by atoms with van der Waals surface area (Å²) in [5.41, 5.74) is 4.02. The van der Waals surface area contributed by atoms with Gasteiger partial charge in [-0.25, -0.2) is 0 Å². The SMILES string of the molecule is COc1ccc([C@H](C)[NH2+]CC[C@@H](c2ccccc2)c2ccc(OC(C)C)cc2)cc1. The Kier molecular flexibility index (Phi) is 7.92. The molecule has 3 aromatic rings. The maximum atomic E-state index is 5.82. The Hall–Kier alpha value is -2.78. The summed E-state index contributed by atoms with van der Waals surface area (Å²) in [4.78, 5) is 0. The van der Waals surface area contributed by atoms with Crippen molar-refractivity contribution in [3.63, 3.8) is 0 Å². The van der Waals surface area contributed by atoms with Crippen molar-refractivity contribution in [2.24, 2.45) is 0 Å². The number of rotatable bonds is 10. The lowest BCUT2D eigenvalue weighted by atomic mass is 9.88. The lowest BCUT2D eigenvalue weighted by molar-refractivity contribution is -0.693. The number of benzene rings is 3. The summed E-state index contributed by atoms with van der Waals surface area (Å²) in [6.45, 7) is 7.43. The molecule has 0 unspecified atom stereocenters. The van der Waals surface area contributed by atoms with Crippen molar-refractivity contribution in [2.75, 3.05) is 13.7 Å². The number of hydrogen-bond acceptors (Lipinski definition) is 2. The Bertz CT molecular complexity index is 873. The fraction of sp³-hybridized carbons (Fsp3) is 0.333. The highest BCUT2D eigenvalue weighted by atomic mass is 16.5. The van der Waals surface area contributed by atoms with Crippen LogP contribution in [0, 0.1) is 0 Å². The van der Waals surface area contributed by atoms with Crippen LogP contribution in [-0.4, -0.2) is 19.8 Å². The van der Waals surface area contributed by atoms with E-state index in [9.17, 15) is 0 Å². The topological polar surface area (TPSA) is 35.1 Å². The molecule has 0 aliphatic heterocycles. The summed E-state index contributed by atoms with van der Waals surface area (Å²) >= 11 is 0. The van der Waals surface area contributed by atoms with Gasteiger partial charge in [-0.3, -0.25) is 0 Å². The van der Waals surface area contributed by atoms with Crippen molar-refractivity contribution in [1.29, 1.82) is 0 Å². The van der Waals surface area contributed by atoms with Crippen molar-refractivity contribution >= 4 is 0 Å². The number of methoxy groups -OCH3 is 1. The Morgan fingerprint density at radius 2 is 1.27 bits per heavy atom. The predicted octanol–water partition coefficient (Wildman–Crippen LogP) is 5.33. The molecular weight excluding hydrogens is 370 g/mol. The van der Waals surface area contributed by atoms with Crippen LogP contribution in [0.2, 0.25) is 0 Å². The first-order valence-corrected chi connectivity index (χ1v) is 10.9. The second-order valence-electron chi connectivity index (χ2n) is 8.07. The quantitative estimate of drug-likeness (QED) is 0.496. The molecule has 0 bridgehead atoms. The minimum atomic E-state index is 0.190. The molecule has 2 N–H and O–H groups in total. The second kappa shape index (κ2) is 10.8. The summed E-state index contributed by atoms with van der Waals surface area (Å²) in [7, 11) is 1.70. The summed E-state index contributed by atoms with van der Waals surface area (Å²) < 4.78 is 11.1. The van der Waals surface area contributed by atoms with E-state index >= 15 is 0 Å². The van der Waals surface area contributed by atoms with Gasteiger partial charge in [0, 0.05) is 17.9 Å². The second-order valence-corrected chi connectivity index (χ2v) is 8.07. The minimum Gasteiger partial charge on any atom is -0.497 e. The van der Waals surface area contributed by atoms with Gasteiger partial charge in [-0.15, -0.1) is 0 Å². The predicted molar refractivity (Wildman–Crippen MR) is 123 cm³/mol. The van der Waals surface area contributed by atoms with Crippen LogP contribution in [-0.2, 0) is 0 Å². The van der Waals surface area contributed by atoms with E-state index in [1.54, 1.807) is 7.11 Å². The maximum Gasteiger partial charge on any atom is 0.119 e. The van der Waals surface area contributed by atoms with E-state index in [0.29, 0.717) is 12.0 Å². The fourth-order valence-corrected chi connectivity index (χ4v) is 3.82. The minimum absolute atomic E-state index is 0.190. The molecule has 0 aliphatic rings. The van der Waals surface area contributed by atoms with Crippen LogP contribution in [0.1, 0.15) is 55.8 Å². The van der Waals surface area contributed by atoms with Gasteiger partial charge in [0.05, 0.1) is 19.8 Å². The van der Waals surface area contributed by atoms with Gasteiger partial charge in [-0.1, -0.05) is 42.5 Å². The van der Waals surface area contributed by atoms with Gasteiger partial charge in [0.2, 0.25) is 0 Å². The van der Waals surface area contributed by atoms with Gasteiger partial charge in [-0.05, 0) is 68.3 Å². The standard InChI is InChI=1S/C27H33NO2/c1-20(2)30-26-16-12-24(13-17-26)27(23-8-6-5-7-9-23)18-19-28-21(3)22-10-14-25(29-4)15-11-22/h5-17,20-21,27-28H,18-19H2,1-4H3/p+1/t21-,27-/m0/s1. The summed E-state index contributed by atoms with van der Waals surface area (Å²) in [5.74, 6) is 2.21. The van der Waals surface area contributed by atoms with Crippen LogP contribution in [0.3, 0.4) is 0 Å². The van der Waals surface area contributed by atoms with Crippen LogP contribution < -0.4 is 14.8 Å². The molecule has 2 atom stereocenters. The highest BCUT2D eigenvalue weighted by Crippen LogP contribution is 2.29. The lowest BCUT2D eigenvalue weighted by Gasteiger charge is -2.20. The van der Waals surface area contributed by atoms with Crippen molar-refractivity contribution in [3.05, 3.63) is 95.6 Å². The molecule has 3 aromatic carbocycles. The zero-order chi connectivity index (χ0) is 21.3. The fourth-order valence-electron chi connectivity index (χ4n) is 3.82. The van der Waals surface area contributed by atoms with E-state index in [2.05, 4.69) is 92.8 Å². The average molecular weight is 405 g/mol. The van der Waals surface area contributed by atoms with E-state index in [0.717, 1.165) is 24.5 Å². The summed E-state index contributed by atoms with van der Waals surface area (Å²) in [6, 6.07) is 28.2. The molecule has 0 radical (unpaired) electrons. The van der Waals surface area contributed by atoms with Crippen molar-refractivity contribution in [1.82, 2.24) is 0 Å². The zero-order valence-electron chi connectivity index (χ0n) is 18.5. The van der Waals surface area contributed by atoms with E-state index in [1.165, 1.54) is 16.7 Å². The largest absolute Gasteiger partial charge is 0.497 e. The third-order valence-electron chi connectivity index (χ3n) is 5.47. The van der Waals surface area contributed by atoms with Crippen LogP contribution in [0.4, 0.5) is 0 Å². The average Bonchev–Trinajstić information content (AvgIpc) is 2.77. The van der Waals surface area contributed by atoms with Crippen molar-refractivity contribution < 1.29 is 14.8 Å². The van der Waals surface area contributed by atoms with Gasteiger partial charge in [-0.2, -0.15) is 0 Å². The van der Waals surface area contributed by atoms with Crippen molar-refractivity contribution in [2.45, 2.75) is 45.3 Å². The molecule has 0 amide bonds. The molecule has 0 spiro atoms.